The van der Waals surface area contributed by atoms with E-state index in [9.17, 15) is 0 Å². The molecule has 3 nitrogen and oxygen atoms in total. The van der Waals surface area contributed by atoms with Crippen molar-refractivity contribution < 1.29 is 10.2 Å². The molecule has 0 aliphatic rings. The molecule has 1 aromatic heterocycles. The highest BCUT2D eigenvalue weighted by Gasteiger charge is 2.03. The second-order valence-electron chi connectivity index (χ2n) is 2.05. The summed E-state index contributed by atoms with van der Waals surface area (Å²) in [6.45, 7) is -0.0276. The smallest absolute Gasteiger partial charge is 0.0700 e. The van der Waals surface area contributed by atoms with Gasteiger partial charge >= 0.3 is 0 Å². The molecule has 1 rings (SSSR count). The van der Waals surface area contributed by atoms with Gasteiger partial charge in [0.2, 0.25) is 0 Å². The lowest BCUT2D eigenvalue weighted by atomic mass is 10.2. The third-order valence-electron chi connectivity index (χ3n) is 1.40. The molecule has 2 N–H and O–H groups in total. The summed E-state index contributed by atoms with van der Waals surface area (Å²) in [7, 11) is 1.50. The van der Waals surface area contributed by atoms with Crippen LogP contribution in [0, 0.1) is 0 Å². The Bertz CT molecular complexity index is 217. The second-order valence-corrected chi connectivity index (χ2v) is 3.80. The molecular formula is C6H8INO2S. The molecule has 11 heavy (non-hydrogen) atoms. The van der Waals surface area contributed by atoms with Crippen molar-refractivity contribution in [3.8, 4) is 0 Å². The molecule has 0 amide bonds. The zero-order chi connectivity index (χ0) is 8.27. The van der Waals surface area contributed by atoms with Crippen LogP contribution in [0.25, 0.3) is 0 Å². The normalized spacial score (nSPS) is 10.5. The van der Waals surface area contributed by atoms with E-state index in [4.69, 9.17) is 10.2 Å². The van der Waals surface area contributed by atoms with Crippen LogP contribution >= 0.6 is 30.3 Å². The number of aliphatic hydroxyl groups is 2. The van der Waals surface area contributed by atoms with Crippen LogP contribution in [0.5, 0.6) is 0 Å². The quantitative estimate of drug-likeness (QED) is 0.823. The Kier molecular flexibility index (Phi) is 3.70. The molecule has 0 bridgehead atoms. The van der Waals surface area contributed by atoms with Crippen LogP contribution < -0.4 is 0 Å². The lowest BCUT2D eigenvalue weighted by Gasteiger charge is -1.91. The predicted molar refractivity (Wildman–Crippen MR) is 53.3 cm³/mol. The molecule has 0 fully saturated rings. The maximum atomic E-state index is 8.82. The predicted octanol–water partition coefficient (Wildman–Crippen LogP) is 1.32. The highest BCUT2D eigenvalue weighted by Crippen LogP contribution is 2.20. The molecule has 0 aliphatic heterocycles. The van der Waals surface area contributed by atoms with Crippen molar-refractivity contribution >= 4 is 30.3 Å². The molecule has 0 saturated heterocycles. The minimum Gasteiger partial charge on any atom is -0.392 e. The van der Waals surface area contributed by atoms with Gasteiger partial charge in [0.25, 0.3) is 0 Å². The summed E-state index contributed by atoms with van der Waals surface area (Å²) < 4.78 is 1.84. The largest absolute Gasteiger partial charge is 0.392 e. The summed E-state index contributed by atoms with van der Waals surface area (Å²) >= 11 is 2.13. The lowest BCUT2D eigenvalue weighted by Crippen LogP contribution is -1.86. The summed E-state index contributed by atoms with van der Waals surface area (Å²) in [4.78, 5) is 0. The molecule has 62 valence electrons. The standard InChI is InChI=1S/C6H8INO2S/c7-11-8-1-5(3-9)6(2-8)4-10/h1-2,9-10H,3-4H2. The van der Waals surface area contributed by atoms with E-state index in [-0.39, 0.29) is 13.2 Å². The van der Waals surface area contributed by atoms with Gasteiger partial charge in [0.1, 0.15) is 0 Å². The van der Waals surface area contributed by atoms with Gasteiger partial charge < -0.3 is 10.2 Å². The minimum atomic E-state index is -0.0138. The SMILES string of the molecule is OCc1cn(SI)cc1CO. The number of rotatable bonds is 3. The van der Waals surface area contributed by atoms with Crippen molar-refractivity contribution in [2.75, 3.05) is 0 Å². The van der Waals surface area contributed by atoms with Gasteiger partial charge in [0.15, 0.2) is 0 Å². The van der Waals surface area contributed by atoms with E-state index >= 15 is 0 Å². The zero-order valence-electron chi connectivity index (χ0n) is 5.70. The Hall–Kier alpha value is 0.280. The second kappa shape index (κ2) is 4.34. The molecule has 1 heterocycles. The number of aliphatic hydroxyl groups excluding tert-OH is 2. The number of aromatic nitrogens is 1. The van der Waals surface area contributed by atoms with Gasteiger partial charge in [-0.1, -0.05) is 0 Å². The number of hydrogen-bond donors (Lipinski definition) is 2. The Labute approximate surface area is 81.1 Å². The summed E-state index contributed by atoms with van der Waals surface area (Å²) in [6.07, 6.45) is 3.62. The Balaban J connectivity index is 2.92. The Morgan fingerprint density at radius 2 is 1.73 bits per heavy atom. The van der Waals surface area contributed by atoms with Gasteiger partial charge in [-0.25, -0.2) is 0 Å². The molecule has 0 aliphatic carbocycles. The maximum absolute atomic E-state index is 8.82. The summed E-state index contributed by atoms with van der Waals surface area (Å²) in [5, 5.41) is 17.6. The van der Waals surface area contributed by atoms with E-state index < -0.39 is 0 Å². The van der Waals surface area contributed by atoms with Crippen molar-refractivity contribution in [2.24, 2.45) is 0 Å². The van der Waals surface area contributed by atoms with Crippen LogP contribution in [0.2, 0.25) is 0 Å². The van der Waals surface area contributed by atoms with Crippen LogP contribution in [0.15, 0.2) is 12.4 Å². The molecule has 0 spiro atoms. The number of nitrogens with zero attached hydrogens (tertiary/aromatic N) is 1. The lowest BCUT2D eigenvalue weighted by molar-refractivity contribution is 0.261. The average Bonchev–Trinajstić information content (AvgIpc) is 2.46. The molecule has 5 heteroatoms. The van der Waals surface area contributed by atoms with Crippen LogP contribution in [-0.4, -0.2) is 14.2 Å². The van der Waals surface area contributed by atoms with E-state index in [0.29, 0.717) is 0 Å². The number of hydrogen-bond acceptors (Lipinski definition) is 3. The van der Waals surface area contributed by atoms with Gasteiger partial charge in [0, 0.05) is 53.8 Å². The van der Waals surface area contributed by atoms with E-state index in [1.54, 1.807) is 0 Å². The van der Waals surface area contributed by atoms with Crippen molar-refractivity contribution in [1.82, 2.24) is 3.97 Å². The zero-order valence-corrected chi connectivity index (χ0v) is 8.67. The van der Waals surface area contributed by atoms with Gasteiger partial charge in [-0.05, 0) is 0 Å². The van der Waals surface area contributed by atoms with E-state index in [1.807, 2.05) is 16.4 Å². The molecule has 1 aromatic rings. The topological polar surface area (TPSA) is 45.4 Å². The summed E-state index contributed by atoms with van der Waals surface area (Å²) in [6, 6.07) is 0. The van der Waals surface area contributed by atoms with Gasteiger partial charge in [-0.2, -0.15) is 0 Å². The third-order valence-corrected chi connectivity index (χ3v) is 3.13. The first-order chi connectivity index (χ1) is 5.31. The van der Waals surface area contributed by atoms with Crippen molar-refractivity contribution in [3.63, 3.8) is 0 Å². The van der Waals surface area contributed by atoms with Crippen molar-refractivity contribution in [2.45, 2.75) is 13.2 Å². The Morgan fingerprint density at radius 1 is 1.27 bits per heavy atom. The molecule has 0 saturated carbocycles. The maximum Gasteiger partial charge on any atom is 0.0700 e. The van der Waals surface area contributed by atoms with Crippen molar-refractivity contribution in [3.05, 3.63) is 23.5 Å². The molecule has 0 unspecified atom stereocenters. The van der Waals surface area contributed by atoms with Crippen LogP contribution in [0.4, 0.5) is 0 Å². The Morgan fingerprint density at radius 3 is 2.00 bits per heavy atom. The van der Waals surface area contributed by atoms with Crippen molar-refractivity contribution in [1.29, 1.82) is 0 Å². The third kappa shape index (κ3) is 2.11. The average molecular weight is 285 g/mol. The fourth-order valence-electron chi connectivity index (χ4n) is 0.835. The minimum absolute atomic E-state index is 0.0138. The van der Waals surface area contributed by atoms with Gasteiger partial charge in [0.05, 0.1) is 13.2 Å². The molecule has 0 radical (unpaired) electrons. The first kappa shape index (κ1) is 9.37. The molecule has 0 aromatic carbocycles. The van der Waals surface area contributed by atoms with E-state index in [1.165, 1.54) is 9.12 Å². The van der Waals surface area contributed by atoms with Gasteiger partial charge in [-0.15, -0.1) is 0 Å². The first-order valence-corrected chi connectivity index (χ1v) is 6.34. The molecule has 0 atom stereocenters. The van der Waals surface area contributed by atoms with Gasteiger partial charge in [-0.3, -0.25) is 3.97 Å². The van der Waals surface area contributed by atoms with E-state index in [0.717, 1.165) is 11.1 Å². The fourth-order valence-corrected chi connectivity index (χ4v) is 1.85. The monoisotopic (exact) mass is 285 g/mol. The van der Waals surface area contributed by atoms with Crippen LogP contribution in [0.3, 0.4) is 0 Å². The highest BCUT2D eigenvalue weighted by molar-refractivity contribution is 14.2. The first-order valence-electron chi connectivity index (χ1n) is 3.02. The fraction of sp³-hybridized carbons (Fsp3) is 0.333. The number of halogens is 1. The summed E-state index contributed by atoms with van der Waals surface area (Å²) in [5.41, 5.74) is 1.58. The summed E-state index contributed by atoms with van der Waals surface area (Å²) in [5.74, 6) is 0. The van der Waals surface area contributed by atoms with E-state index in [2.05, 4.69) is 21.2 Å². The molecular weight excluding hydrogens is 277 g/mol. The highest BCUT2D eigenvalue weighted by atomic mass is 127. The van der Waals surface area contributed by atoms with Crippen LogP contribution in [0.1, 0.15) is 11.1 Å². The van der Waals surface area contributed by atoms with Crippen LogP contribution in [-0.2, 0) is 13.2 Å².